The number of rotatable bonds is 4. The summed E-state index contributed by atoms with van der Waals surface area (Å²) in [6.45, 7) is 2.56. The molecule has 0 saturated carbocycles. The van der Waals surface area contributed by atoms with Crippen LogP contribution in [0.1, 0.15) is 37.1 Å². The van der Waals surface area contributed by atoms with Crippen LogP contribution in [0.3, 0.4) is 0 Å². The topological polar surface area (TPSA) is 59.4 Å². The van der Waals surface area contributed by atoms with Crippen molar-refractivity contribution in [3.63, 3.8) is 0 Å². The summed E-state index contributed by atoms with van der Waals surface area (Å²) in [5.74, 6) is -0.187. The first-order valence-corrected chi connectivity index (χ1v) is 10.8. The molecule has 1 amide bonds. The number of halogens is 5. The number of nitrogens with one attached hydrogen (secondary N) is 1. The van der Waals surface area contributed by atoms with E-state index in [0.29, 0.717) is 24.4 Å². The van der Waals surface area contributed by atoms with E-state index in [4.69, 9.17) is 27.9 Å². The molecule has 2 unspecified atom stereocenters. The fourth-order valence-electron chi connectivity index (χ4n) is 4.33. The zero-order chi connectivity index (χ0) is 23.2. The third-order valence-corrected chi connectivity index (χ3v) is 6.60. The molecular weight excluding hydrogens is 468 g/mol. The summed E-state index contributed by atoms with van der Waals surface area (Å²) < 4.78 is 46.7. The quantitative estimate of drug-likeness (QED) is 0.647. The molecule has 1 saturated heterocycles. The highest BCUT2D eigenvalue weighted by Gasteiger charge is 2.42. The molecule has 0 bridgehead atoms. The van der Waals surface area contributed by atoms with Gasteiger partial charge >= 0.3 is 6.18 Å². The Balaban J connectivity index is 1.87. The van der Waals surface area contributed by atoms with Crippen molar-refractivity contribution in [1.82, 2.24) is 14.7 Å². The predicted octanol–water partition coefficient (Wildman–Crippen LogP) is 5.14. The number of alkyl halides is 3. The summed E-state index contributed by atoms with van der Waals surface area (Å²) in [7, 11) is 1.57. The number of carbonyl (C=O) groups is 1. The molecule has 0 spiro atoms. The largest absolute Gasteiger partial charge is 0.435 e. The van der Waals surface area contributed by atoms with Crippen LogP contribution in [0.25, 0.3) is 0 Å². The van der Waals surface area contributed by atoms with Crippen LogP contribution >= 0.6 is 23.2 Å². The van der Waals surface area contributed by atoms with Gasteiger partial charge in [-0.05, 0) is 25.8 Å². The molecular formula is C21H21Cl2F3N4O2. The molecule has 4 rings (SSSR count). The van der Waals surface area contributed by atoms with E-state index in [1.54, 1.807) is 37.1 Å². The van der Waals surface area contributed by atoms with Gasteiger partial charge in [0, 0.05) is 31.0 Å². The lowest BCUT2D eigenvalue weighted by Gasteiger charge is -2.34. The van der Waals surface area contributed by atoms with Crippen LogP contribution < -0.4 is 5.32 Å². The number of hydrogen-bond donors (Lipinski definition) is 1. The Bertz CT molecular complexity index is 1080. The Morgan fingerprint density at radius 2 is 2.09 bits per heavy atom. The van der Waals surface area contributed by atoms with Crippen molar-refractivity contribution in [2.24, 2.45) is 0 Å². The molecule has 1 N–H and O–H groups in total. The molecule has 2 aliphatic rings. The minimum absolute atomic E-state index is 0.113. The predicted molar refractivity (Wildman–Crippen MR) is 115 cm³/mol. The number of likely N-dealkylation sites (tertiary alicyclic amines) is 1. The summed E-state index contributed by atoms with van der Waals surface area (Å²) in [5.41, 5.74) is 0.0220. The summed E-state index contributed by atoms with van der Waals surface area (Å²) in [6.07, 6.45) is -3.05. The second kappa shape index (κ2) is 8.61. The maximum atomic E-state index is 13.7. The first-order chi connectivity index (χ1) is 15.1. The van der Waals surface area contributed by atoms with Crippen LogP contribution in [-0.4, -0.2) is 46.9 Å². The average molecular weight is 489 g/mol. The van der Waals surface area contributed by atoms with E-state index in [2.05, 4.69) is 10.4 Å². The molecule has 1 fully saturated rings. The summed E-state index contributed by atoms with van der Waals surface area (Å²) >= 11 is 12.7. The van der Waals surface area contributed by atoms with Crippen molar-refractivity contribution in [3.8, 4) is 0 Å². The molecule has 32 heavy (non-hydrogen) atoms. The van der Waals surface area contributed by atoms with Gasteiger partial charge in [-0.2, -0.15) is 18.3 Å². The van der Waals surface area contributed by atoms with Gasteiger partial charge in [-0.1, -0.05) is 35.3 Å². The third kappa shape index (κ3) is 3.97. The van der Waals surface area contributed by atoms with Gasteiger partial charge in [0.2, 0.25) is 0 Å². The molecule has 2 atom stereocenters. The number of ether oxygens (including phenoxy) is 1. The molecule has 3 heterocycles. The lowest BCUT2D eigenvalue weighted by atomic mass is 9.94. The maximum absolute atomic E-state index is 13.7. The smallest absolute Gasteiger partial charge is 0.383 e. The number of fused-ring (bicyclic) bond motifs is 1. The number of methoxy groups -OCH3 is 1. The second-order valence-electron chi connectivity index (χ2n) is 7.82. The van der Waals surface area contributed by atoms with Crippen LogP contribution in [0, 0.1) is 0 Å². The van der Waals surface area contributed by atoms with E-state index in [1.807, 2.05) is 0 Å². The van der Waals surface area contributed by atoms with Gasteiger partial charge < -0.3 is 15.0 Å². The first kappa shape index (κ1) is 22.9. The minimum Gasteiger partial charge on any atom is -0.383 e. The van der Waals surface area contributed by atoms with Gasteiger partial charge in [0.15, 0.2) is 5.69 Å². The lowest BCUT2D eigenvalue weighted by molar-refractivity contribution is -0.141. The number of benzene rings is 1. The molecule has 2 aliphatic heterocycles. The Morgan fingerprint density at radius 1 is 1.34 bits per heavy atom. The van der Waals surface area contributed by atoms with Gasteiger partial charge in [-0.25, -0.2) is 4.68 Å². The summed E-state index contributed by atoms with van der Waals surface area (Å²) in [5, 5.41) is 7.10. The monoisotopic (exact) mass is 488 g/mol. The van der Waals surface area contributed by atoms with Crippen LogP contribution in [0.5, 0.6) is 0 Å². The highest BCUT2D eigenvalue weighted by atomic mass is 35.5. The number of allylic oxidation sites excluding steroid dienone is 1. The molecule has 0 radical (unpaired) electrons. The number of carbonyl (C=O) groups excluding carboxylic acids is 1. The molecule has 0 aliphatic carbocycles. The van der Waals surface area contributed by atoms with Crippen molar-refractivity contribution in [2.75, 3.05) is 25.6 Å². The zero-order valence-corrected chi connectivity index (χ0v) is 18.9. The Hall–Kier alpha value is -2.23. The van der Waals surface area contributed by atoms with Gasteiger partial charge in [0.1, 0.15) is 11.9 Å². The first-order valence-electron chi connectivity index (χ1n) is 10.0. The lowest BCUT2D eigenvalue weighted by Crippen LogP contribution is -2.42. The maximum Gasteiger partial charge on any atom is 0.435 e. The van der Waals surface area contributed by atoms with E-state index in [-0.39, 0.29) is 33.4 Å². The fraction of sp³-hybridized carbons (Fsp3) is 0.429. The van der Waals surface area contributed by atoms with Crippen molar-refractivity contribution in [3.05, 3.63) is 56.8 Å². The van der Waals surface area contributed by atoms with Crippen molar-refractivity contribution in [1.29, 1.82) is 0 Å². The van der Waals surface area contributed by atoms with E-state index in [9.17, 15) is 18.0 Å². The molecule has 11 heteroatoms. The Labute approximate surface area is 192 Å². The molecule has 172 valence electrons. The van der Waals surface area contributed by atoms with Crippen molar-refractivity contribution < 1.29 is 22.7 Å². The van der Waals surface area contributed by atoms with Gasteiger partial charge in [0.05, 0.1) is 28.3 Å². The number of anilines is 1. The number of nitrogens with zero attached hydrogens (tertiary/aromatic N) is 3. The van der Waals surface area contributed by atoms with Crippen LogP contribution in [-0.2, 0) is 15.7 Å². The molecule has 6 nitrogen and oxygen atoms in total. The van der Waals surface area contributed by atoms with E-state index < -0.39 is 17.9 Å². The number of amides is 1. The second-order valence-corrected chi connectivity index (χ2v) is 8.60. The fourth-order valence-corrected chi connectivity index (χ4v) is 4.74. The van der Waals surface area contributed by atoms with E-state index in [1.165, 1.54) is 0 Å². The van der Waals surface area contributed by atoms with E-state index >= 15 is 0 Å². The highest BCUT2D eigenvalue weighted by molar-refractivity contribution is 6.42. The Kier molecular flexibility index (Phi) is 6.17. The molecule has 2 aromatic rings. The highest BCUT2D eigenvalue weighted by Crippen LogP contribution is 2.43. The number of aromatic nitrogens is 2. The molecule has 1 aromatic heterocycles. The SMILES string of the molecule is COCC1CCCN1C(=O)C1=C(C)Nc2cc(C(F)(F)F)nn2C1c1cccc(Cl)c1Cl. The summed E-state index contributed by atoms with van der Waals surface area (Å²) in [6, 6.07) is 4.67. The zero-order valence-electron chi connectivity index (χ0n) is 17.3. The normalized spacial score (nSPS) is 21.0. The molecule has 1 aromatic carbocycles. The Morgan fingerprint density at radius 3 is 2.78 bits per heavy atom. The van der Waals surface area contributed by atoms with Crippen molar-refractivity contribution >= 4 is 34.9 Å². The van der Waals surface area contributed by atoms with Crippen molar-refractivity contribution in [2.45, 2.75) is 38.0 Å². The minimum atomic E-state index is -4.65. The average Bonchev–Trinajstić information content (AvgIpc) is 3.36. The van der Waals surface area contributed by atoms with Gasteiger partial charge in [0.25, 0.3) is 5.91 Å². The van der Waals surface area contributed by atoms with E-state index in [0.717, 1.165) is 23.6 Å². The van der Waals surface area contributed by atoms with Crippen LogP contribution in [0.4, 0.5) is 19.0 Å². The van der Waals surface area contributed by atoms with Crippen LogP contribution in [0.2, 0.25) is 10.0 Å². The number of hydrogen-bond acceptors (Lipinski definition) is 4. The standard InChI is InChI=1S/C21H21Cl2F3N4O2/c1-11-17(20(31)29-8-4-5-12(29)10-32-2)19(13-6-3-7-14(22)18(13)23)30-16(27-11)9-15(28-30)21(24,25)26/h3,6-7,9,12,19,27H,4-5,8,10H2,1-2H3. The van der Waals surface area contributed by atoms with Gasteiger partial charge in [-0.15, -0.1) is 0 Å². The van der Waals surface area contributed by atoms with Gasteiger partial charge in [-0.3, -0.25) is 4.79 Å². The summed E-state index contributed by atoms with van der Waals surface area (Å²) in [4.78, 5) is 15.4. The third-order valence-electron chi connectivity index (χ3n) is 5.77. The van der Waals surface area contributed by atoms with Crippen LogP contribution in [0.15, 0.2) is 35.5 Å².